The van der Waals surface area contributed by atoms with Crippen LogP contribution in [0.3, 0.4) is 0 Å². The van der Waals surface area contributed by atoms with E-state index >= 15 is 0 Å². The summed E-state index contributed by atoms with van der Waals surface area (Å²) < 4.78 is 11.0. The lowest BCUT2D eigenvalue weighted by Gasteiger charge is -2.26. The average molecular weight is 214 g/mol. The summed E-state index contributed by atoms with van der Waals surface area (Å²) >= 11 is 0. The third kappa shape index (κ3) is 2.71. The molecule has 2 saturated heterocycles. The van der Waals surface area contributed by atoms with E-state index in [0.717, 1.165) is 32.3 Å². The molecular weight excluding hydrogens is 192 g/mol. The molecule has 2 aliphatic rings. The van der Waals surface area contributed by atoms with Gasteiger partial charge in [0.1, 0.15) is 0 Å². The van der Waals surface area contributed by atoms with Gasteiger partial charge in [0.25, 0.3) is 0 Å². The Morgan fingerprint density at radius 3 is 2.80 bits per heavy atom. The summed E-state index contributed by atoms with van der Waals surface area (Å²) in [6.45, 7) is 3.60. The van der Waals surface area contributed by atoms with Crippen molar-refractivity contribution in [3.63, 3.8) is 0 Å². The Balaban J connectivity index is 1.68. The second-order valence-corrected chi connectivity index (χ2v) is 4.89. The lowest BCUT2D eigenvalue weighted by molar-refractivity contribution is -0.0364. The van der Waals surface area contributed by atoms with E-state index in [1.807, 2.05) is 6.92 Å². The minimum atomic E-state index is -0.571. The second-order valence-electron chi connectivity index (χ2n) is 4.89. The second kappa shape index (κ2) is 4.81. The molecule has 0 amide bonds. The van der Waals surface area contributed by atoms with Crippen LogP contribution in [0, 0.1) is 0 Å². The largest absolute Gasteiger partial charge is 0.387 e. The molecule has 0 radical (unpaired) electrons. The minimum Gasteiger partial charge on any atom is -0.387 e. The number of ether oxygens (including phenoxy) is 2. The zero-order valence-corrected chi connectivity index (χ0v) is 9.58. The maximum atomic E-state index is 10.3. The molecule has 3 nitrogen and oxygen atoms in total. The zero-order valence-electron chi connectivity index (χ0n) is 9.58. The lowest BCUT2D eigenvalue weighted by atomic mass is 9.89. The van der Waals surface area contributed by atoms with Crippen LogP contribution < -0.4 is 0 Å². The summed E-state index contributed by atoms with van der Waals surface area (Å²) in [5.74, 6) is 0. The van der Waals surface area contributed by atoms with Gasteiger partial charge in [-0.2, -0.15) is 0 Å². The Morgan fingerprint density at radius 2 is 2.20 bits per heavy atom. The first-order valence-electron chi connectivity index (χ1n) is 6.16. The Kier molecular flexibility index (Phi) is 3.65. The SMILES string of the molecule is CC1OCCC1(O)CCCC1CCCO1. The van der Waals surface area contributed by atoms with E-state index in [1.54, 1.807) is 0 Å². The molecule has 0 aromatic heterocycles. The first-order chi connectivity index (χ1) is 7.21. The molecule has 2 rings (SSSR count). The van der Waals surface area contributed by atoms with Gasteiger partial charge in [0.2, 0.25) is 0 Å². The Hall–Kier alpha value is -0.120. The Labute approximate surface area is 91.8 Å². The molecule has 2 aliphatic heterocycles. The first kappa shape index (κ1) is 11.4. The van der Waals surface area contributed by atoms with Crippen LogP contribution >= 0.6 is 0 Å². The third-order valence-electron chi connectivity index (χ3n) is 3.82. The van der Waals surface area contributed by atoms with Gasteiger partial charge in [-0.1, -0.05) is 0 Å². The molecule has 2 heterocycles. The Morgan fingerprint density at radius 1 is 1.33 bits per heavy atom. The Bertz CT molecular complexity index is 201. The smallest absolute Gasteiger partial charge is 0.0927 e. The fourth-order valence-electron chi connectivity index (χ4n) is 2.61. The molecule has 0 aromatic rings. The van der Waals surface area contributed by atoms with E-state index in [1.165, 1.54) is 12.8 Å². The van der Waals surface area contributed by atoms with Crippen molar-refractivity contribution in [2.45, 2.75) is 63.3 Å². The molecule has 0 aliphatic carbocycles. The topological polar surface area (TPSA) is 38.7 Å². The highest BCUT2D eigenvalue weighted by molar-refractivity contribution is 4.89. The van der Waals surface area contributed by atoms with Crippen LogP contribution in [0.2, 0.25) is 0 Å². The minimum absolute atomic E-state index is 0.00185. The van der Waals surface area contributed by atoms with Crippen LogP contribution in [-0.2, 0) is 9.47 Å². The van der Waals surface area contributed by atoms with Crippen molar-refractivity contribution in [1.29, 1.82) is 0 Å². The molecule has 88 valence electrons. The van der Waals surface area contributed by atoms with E-state index in [4.69, 9.17) is 9.47 Å². The maximum Gasteiger partial charge on any atom is 0.0927 e. The molecule has 1 N–H and O–H groups in total. The molecule has 3 unspecified atom stereocenters. The lowest BCUT2D eigenvalue weighted by Crippen LogP contribution is -2.36. The summed E-state index contributed by atoms with van der Waals surface area (Å²) in [5, 5.41) is 10.3. The predicted molar refractivity (Wildman–Crippen MR) is 57.8 cm³/mol. The molecule has 3 atom stereocenters. The van der Waals surface area contributed by atoms with Gasteiger partial charge >= 0.3 is 0 Å². The monoisotopic (exact) mass is 214 g/mol. The van der Waals surface area contributed by atoms with Crippen molar-refractivity contribution in [3.05, 3.63) is 0 Å². The van der Waals surface area contributed by atoms with Crippen molar-refractivity contribution in [1.82, 2.24) is 0 Å². The highest BCUT2D eigenvalue weighted by Gasteiger charge is 2.38. The fourth-order valence-corrected chi connectivity index (χ4v) is 2.61. The number of hydrogen-bond acceptors (Lipinski definition) is 3. The van der Waals surface area contributed by atoms with Gasteiger partial charge in [0.05, 0.1) is 17.8 Å². The maximum absolute atomic E-state index is 10.3. The van der Waals surface area contributed by atoms with E-state index in [9.17, 15) is 5.11 Å². The molecule has 2 fully saturated rings. The van der Waals surface area contributed by atoms with E-state index in [2.05, 4.69) is 0 Å². The van der Waals surface area contributed by atoms with Crippen LogP contribution in [-0.4, -0.2) is 36.1 Å². The van der Waals surface area contributed by atoms with Gasteiger partial charge in [-0.3, -0.25) is 0 Å². The van der Waals surface area contributed by atoms with Crippen LogP contribution in [0.25, 0.3) is 0 Å². The van der Waals surface area contributed by atoms with Gasteiger partial charge in [-0.15, -0.1) is 0 Å². The summed E-state index contributed by atoms with van der Waals surface area (Å²) in [4.78, 5) is 0. The highest BCUT2D eigenvalue weighted by Crippen LogP contribution is 2.31. The molecule has 0 saturated carbocycles. The van der Waals surface area contributed by atoms with Crippen molar-refractivity contribution < 1.29 is 14.6 Å². The number of aliphatic hydroxyl groups is 1. The molecular formula is C12H22O3. The van der Waals surface area contributed by atoms with Crippen molar-refractivity contribution >= 4 is 0 Å². The highest BCUT2D eigenvalue weighted by atomic mass is 16.5. The molecule has 0 bridgehead atoms. The third-order valence-corrected chi connectivity index (χ3v) is 3.82. The van der Waals surface area contributed by atoms with Gasteiger partial charge < -0.3 is 14.6 Å². The standard InChI is InChI=1S/C12H22O3/c1-10-12(13,7-9-14-10)6-2-4-11-5-3-8-15-11/h10-11,13H,2-9H2,1H3. The quantitative estimate of drug-likeness (QED) is 0.776. The van der Waals surface area contributed by atoms with Crippen molar-refractivity contribution in [2.75, 3.05) is 13.2 Å². The average Bonchev–Trinajstić information content (AvgIpc) is 2.79. The normalized spacial score (nSPS) is 41.2. The van der Waals surface area contributed by atoms with Gasteiger partial charge in [-0.05, 0) is 39.0 Å². The molecule has 15 heavy (non-hydrogen) atoms. The molecule has 3 heteroatoms. The van der Waals surface area contributed by atoms with Crippen molar-refractivity contribution in [2.24, 2.45) is 0 Å². The van der Waals surface area contributed by atoms with E-state index < -0.39 is 5.60 Å². The molecule has 0 spiro atoms. The first-order valence-corrected chi connectivity index (χ1v) is 6.16. The fraction of sp³-hybridized carbons (Fsp3) is 1.00. The van der Waals surface area contributed by atoms with E-state index in [-0.39, 0.29) is 6.10 Å². The van der Waals surface area contributed by atoms with Crippen LogP contribution in [0.4, 0.5) is 0 Å². The number of hydrogen-bond donors (Lipinski definition) is 1. The van der Waals surface area contributed by atoms with Crippen LogP contribution in [0.15, 0.2) is 0 Å². The van der Waals surface area contributed by atoms with Crippen molar-refractivity contribution in [3.8, 4) is 0 Å². The summed E-state index contributed by atoms with van der Waals surface area (Å²) in [7, 11) is 0. The van der Waals surface area contributed by atoms with E-state index in [0.29, 0.717) is 12.7 Å². The molecule has 0 aromatic carbocycles. The van der Waals surface area contributed by atoms with Gasteiger partial charge in [0.15, 0.2) is 0 Å². The van der Waals surface area contributed by atoms with Gasteiger partial charge in [-0.25, -0.2) is 0 Å². The van der Waals surface area contributed by atoms with Gasteiger partial charge in [0, 0.05) is 19.6 Å². The zero-order chi connectivity index (χ0) is 10.7. The summed E-state index contributed by atoms with van der Waals surface area (Å²) in [6.07, 6.45) is 6.64. The number of rotatable bonds is 4. The predicted octanol–water partition coefficient (Wildman–Crippen LogP) is 1.88. The summed E-state index contributed by atoms with van der Waals surface area (Å²) in [5.41, 5.74) is -0.571. The van der Waals surface area contributed by atoms with Crippen LogP contribution in [0.1, 0.15) is 45.4 Å². The van der Waals surface area contributed by atoms with Crippen LogP contribution in [0.5, 0.6) is 0 Å². The summed E-state index contributed by atoms with van der Waals surface area (Å²) in [6, 6.07) is 0.